The zero-order chi connectivity index (χ0) is 12.8. The van der Waals surface area contributed by atoms with E-state index in [0.29, 0.717) is 0 Å². The van der Waals surface area contributed by atoms with Gasteiger partial charge in [0.25, 0.3) is 0 Å². The predicted octanol–water partition coefficient (Wildman–Crippen LogP) is 3.99. The molecule has 1 aliphatic rings. The highest BCUT2D eigenvalue weighted by atomic mass is 15.1. The number of aryl methyl sites for hydroxylation is 1. The van der Waals surface area contributed by atoms with E-state index >= 15 is 0 Å². The summed E-state index contributed by atoms with van der Waals surface area (Å²) in [5, 5.41) is 0. The fourth-order valence-electron chi connectivity index (χ4n) is 2.99. The second-order valence-corrected chi connectivity index (χ2v) is 6.04. The number of likely N-dealkylation sites (tertiary alicyclic amines) is 1. The van der Waals surface area contributed by atoms with E-state index in [1.807, 2.05) is 0 Å². The molecular formula is C17H27N. The Morgan fingerprint density at radius 3 is 2.72 bits per heavy atom. The van der Waals surface area contributed by atoms with E-state index in [2.05, 4.69) is 49.1 Å². The van der Waals surface area contributed by atoms with Gasteiger partial charge in [-0.2, -0.15) is 0 Å². The standard InChI is InChI=1S/C17H27N/c1-15(2)17-11-7-13-18(14-17)12-6-10-16-8-4-3-5-9-16/h3-5,8-9,15,17H,6-7,10-14H2,1-2H3/t17-/m1/s1. The van der Waals surface area contributed by atoms with Gasteiger partial charge >= 0.3 is 0 Å². The first-order valence-corrected chi connectivity index (χ1v) is 7.52. The fraction of sp³-hybridized carbons (Fsp3) is 0.647. The van der Waals surface area contributed by atoms with Crippen molar-refractivity contribution in [1.29, 1.82) is 0 Å². The molecule has 0 aromatic heterocycles. The van der Waals surface area contributed by atoms with E-state index in [1.165, 1.54) is 50.9 Å². The second kappa shape index (κ2) is 6.94. The third-order valence-electron chi connectivity index (χ3n) is 4.27. The summed E-state index contributed by atoms with van der Waals surface area (Å²) in [5.41, 5.74) is 1.48. The Bertz CT molecular complexity index is 331. The zero-order valence-corrected chi connectivity index (χ0v) is 11.9. The second-order valence-electron chi connectivity index (χ2n) is 6.04. The fourth-order valence-corrected chi connectivity index (χ4v) is 2.99. The summed E-state index contributed by atoms with van der Waals surface area (Å²) < 4.78 is 0. The highest BCUT2D eigenvalue weighted by molar-refractivity contribution is 5.14. The molecule has 0 bridgehead atoms. The van der Waals surface area contributed by atoms with Gasteiger partial charge in [-0.25, -0.2) is 0 Å². The smallest absolute Gasteiger partial charge is 0.00121 e. The molecule has 0 unspecified atom stereocenters. The van der Waals surface area contributed by atoms with Crippen LogP contribution in [0, 0.1) is 11.8 Å². The van der Waals surface area contributed by atoms with Crippen molar-refractivity contribution >= 4 is 0 Å². The molecular weight excluding hydrogens is 218 g/mol. The molecule has 1 fully saturated rings. The Kier molecular flexibility index (Phi) is 5.25. The number of rotatable bonds is 5. The summed E-state index contributed by atoms with van der Waals surface area (Å²) in [7, 11) is 0. The molecule has 1 heteroatoms. The Balaban J connectivity index is 1.70. The Hall–Kier alpha value is -0.820. The minimum absolute atomic E-state index is 0.849. The average Bonchev–Trinajstić information content (AvgIpc) is 2.40. The van der Waals surface area contributed by atoms with Crippen molar-refractivity contribution < 1.29 is 0 Å². The van der Waals surface area contributed by atoms with E-state index in [9.17, 15) is 0 Å². The lowest BCUT2D eigenvalue weighted by atomic mass is 9.88. The summed E-state index contributed by atoms with van der Waals surface area (Å²) in [6, 6.07) is 10.9. The van der Waals surface area contributed by atoms with Crippen LogP contribution in [0.1, 0.15) is 38.7 Å². The van der Waals surface area contributed by atoms with Gasteiger partial charge in [-0.05, 0) is 56.2 Å². The van der Waals surface area contributed by atoms with Crippen molar-refractivity contribution in [3.63, 3.8) is 0 Å². The van der Waals surface area contributed by atoms with Gasteiger partial charge in [0.05, 0.1) is 0 Å². The van der Waals surface area contributed by atoms with Crippen LogP contribution in [0.2, 0.25) is 0 Å². The van der Waals surface area contributed by atoms with Gasteiger partial charge in [-0.1, -0.05) is 44.2 Å². The molecule has 2 rings (SSSR count). The summed E-state index contributed by atoms with van der Waals surface area (Å²) in [5.74, 6) is 1.78. The first-order chi connectivity index (χ1) is 8.75. The maximum absolute atomic E-state index is 2.68. The van der Waals surface area contributed by atoms with Gasteiger partial charge in [-0.3, -0.25) is 0 Å². The molecule has 0 spiro atoms. The Morgan fingerprint density at radius 2 is 2.00 bits per heavy atom. The van der Waals surface area contributed by atoms with Crippen molar-refractivity contribution in [2.24, 2.45) is 11.8 Å². The van der Waals surface area contributed by atoms with Gasteiger partial charge in [0.2, 0.25) is 0 Å². The van der Waals surface area contributed by atoms with Gasteiger partial charge < -0.3 is 4.90 Å². The van der Waals surface area contributed by atoms with E-state index in [0.717, 1.165) is 11.8 Å². The molecule has 0 amide bonds. The van der Waals surface area contributed by atoms with Crippen molar-refractivity contribution in [3.8, 4) is 0 Å². The zero-order valence-electron chi connectivity index (χ0n) is 11.9. The van der Waals surface area contributed by atoms with Gasteiger partial charge in [0.1, 0.15) is 0 Å². The first kappa shape index (κ1) is 13.6. The van der Waals surface area contributed by atoms with Crippen LogP contribution in [0.4, 0.5) is 0 Å². The minimum Gasteiger partial charge on any atom is -0.303 e. The largest absolute Gasteiger partial charge is 0.303 e. The lowest BCUT2D eigenvalue weighted by Gasteiger charge is -2.34. The molecule has 1 nitrogen and oxygen atoms in total. The number of piperidine rings is 1. The van der Waals surface area contributed by atoms with Crippen LogP contribution >= 0.6 is 0 Å². The van der Waals surface area contributed by atoms with E-state index in [4.69, 9.17) is 0 Å². The lowest BCUT2D eigenvalue weighted by molar-refractivity contribution is 0.144. The molecule has 18 heavy (non-hydrogen) atoms. The molecule has 1 aromatic carbocycles. The Labute approximate surface area is 112 Å². The number of hydrogen-bond donors (Lipinski definition) is 0. The minimum atomic E-state index is 0.849. The van der Waals surface area contributed by atoms with E-state index in [-0.39, 0.29) is 0 Å². The van der Waals surface area contributed by atoms with Crippen LogP contribution in [0.5, 0.6) is 0 Å². The summed E-state index contributed by atoms with van der Waals surface area (Å²) in [4.78, 5) is 2.68. The van der Waals surface area contributed by atoms with Crippen molar-refractivity contribution in [2.45, 2.75) is 39.5 Å². The maximum Gasteiger partial charge on any atom is 0.00121 e. The monoisotopic (exact) mass is 245 g/mol. The average molecular weight is 245 g/mol. The third-order valence-corrected chi connectivity index (χ3v) is 4.27. The van der Waals surface area contributed by atoms with Crippen molar-refractivity contribution in [2.75, 3.05) is 19.6 Å². The Morgan fingerprint density at radius 1 is 1.22 bits per heavy atom. The van der Waals surface area contributed by atoms with Gasteiger partial charge in [0, 0.05) is 6.54 Å². The number of hydrogen-bond acceptors (Lipinski definition) is 1. The van der Waals surface area contributed by atoms with Crippen LogP contribution in [-0.2, 0) is 6.42 Å². The van der Waals surface area contributed by atoms with E-state index in [1.54, 1.807) is 0 Å². The maximum atomic E-state index is 2.68. The molecule has 1 aliphatic heterocycles. The van der Waals surface area contributed by atoms with Crippen LogP contribution in [-0.4, -0.2) is 24.5 Å². The summed E-state index contributed by atoms with van der Waals surface area (Å²) in [6.45, 7) is 8.67. The number of benzene rings is 1. The molecule has 0 aliphatic carbocycles. The topological polar surface area (TPSA) is 3.24 Å². The molecule has 0 N–H and O–H groups in total. The summed E-state index contributed by atoms with van der Waals surface area (Å²) >= 11 is 0. The molecule has 1 aromatic rings. The molecule has 0 radical (unpaired) electrons. The molecule has 0 saturated carbocycles. The molecule has 1 atom stereocenters. The molecule has 1 saturated heterocycles. The van der Waals surface area contributed by atoms with Gasteiger partial charge in [0.15, 0.2) is 0 Å². The van der Waals surface area contributed by atoms with Crippen molar-refractivity contribution in [3.05, 3.63) is 35.9 Å². The molecule has 100 valence electrons. The lowest BCUT2D eigenvalue weighted by Crippen LogP contribution is -2.38. The quantitative estimate of drug-likeness (QED) is 0.758. The molecule has 1 heterocycles. The van der Waals surface area contributed by atoms with E-state index < -0.39 is 0 Å². The third kappa shape index (κ3) is 4.13. The normalized spacial score (nSPS) is 21.4. The highest BCUT2D eigenvalue weighted by Crippen LogP contribution is 2.23. The van der Waals surface area contributed by atoms with Crippen LogP contribution in [0.3, 0.4) is 0 Å². The first-order valence-electron chi connectivity index (χ1n) is 7.52. The predicted molar refractivity (Wildman–Crippen MR) is 78.8 cm³/mol. The van der Waals surface area contributed by atoms with Gasteiger partial charge in [-0.15, -0.1) is 0 Å². The number of nitrogens with zero attached hydrogens (tertiary/aromatic N) is 1. The van der Waals surface area contributed by atoms with Crippen LogP contribution < -0.4 is 0 Å². The van der Waals surface area contributed by atoms with Crippen LogP contribution in [0.15, 0.2) is 30.3 Å². The highest BCUT2D eigenvalue weighted by Gasteiger charge is 2.21. The SMILES string of the molecule is CC(C)[C@@H]1CCCN(CCCc2ccccc2)C1. The van der Waals surface area contributed by atoms with Crippen LogP contribution in [0.25, 0.3) is 0 Å². The van der Waals surface area contributed by atoms with Crippen molar-refractivity contribution in [1.82, 2.24) is 4.90 Å². The summed E-state index contributed by atoms with van der Waals surface area (Å²) in [6.07, 6.45) is 5.36.